The van der Waals surface area contributed by atoms with Gasteiger partial charge in [-0.05, 0) is 49.7 Å². The van der Waals surface area contributed by atoms with Crippen LogP contribution in [0.3, 0.4) is 0 Å². The molecule has 30 heavy (non-hydrogen) atoms. The third-order valence-corrected chi connectivity index (χ3v) is 5.01. The Labute approximate surface area is 172 Å². The number of aromatic carboxylic acids is 1. The lowest BCUT2D eigenvalue weighted by Crippen LogP contribution is -2.02. The molecule has 6 heteroatoms. The third-order valence-electron chi connectivity index (χ3n) is 5.01. The molecule has 0 unspecified atom stereocenters. The molecule has 0 spiro atoms. The predicted octanol–water partition coefficient (Wildman–Crippen LogP) is 5.21. The number of carbonyl (C=O) groups is 2. The van der Waals surface area contributed by atoms with Crippen molar-refractivity contribution in [2.24, 2.45) is 0 Å². The Balaban J connectivity index is 1.74. The molecule has 3 N–H and O–H groups in total. The lowest BCUT2D eigenvalue weighted by atomic mass is 10.0. The summed E-state index contributed by atoms with van der Waals surface area (Å²) in [4.78, 5) is 26.9. The van der Waals surface area contributed by atoms with E-state index in [-0.39, 0.29) is 22.8 Å². The van der Waals surface area contributed by atoms with Crippen LogP contribution in [-0.4, -0.2) is 26.9 Å². The minimum atomic E-state index is -1.03. The summed E-state index contributed by atoms with van der Waals surface area (Å²) in [7, 11) is 0. The SMILES string of the molecule is Cc1cc2[nH]c(C(=O)O)cc2c(C)c1Oc1ccc(O)c(C(=O)c2ccccc2)c1. The summed E-state index contributed by atoms with van der Waals surface area (Å²) in [5.41, 5.74) is 3.00. The van der Waals surface area contributed by atoms with E-state index in [2.05, 4.69) is 4.98 Å². The highest BCUT2D eigenvalue weighted by Gasteiger charge is 2.18. The summed E-state index contributed by atoms with van der Waals surface area (Å²) in [6.45, 7) is 3.71. The first-order valence-corrected chi connectivity index (χ1v) is 9.32. The fourth-order valence-electron chi connectivity index (χ4n) is 3.49. The van der Waals surface area contributed by atoms with E-state index in [1.807, 2.05) is 26.0 Å². The van der Waals surface area contributed by atoms with Crippen LogP contribution in [-0.2, 0) is 0 Å². The van der Waals surface area contributed by atoms with E-state index < -0.39 is 5.97 Å². The highest BCUT2D eigenvalue weighted by molar-refractivity contribution is 6.10. The second-order valence-corrected chi connectivity index (χ2v) is 7.07. The largest absolute Gasteiger partial charge is 0.507 e. The number of ether oxygens (including phenoxy) is 1. The number of carboxylic acid groups (broad SMARTS) is 1. The molecular formula is C24H19NO5. The topological polar surface area (TPSA) is 99.6 Å². The van der Waals surface area contributed by atoms with Gasteiger partial charge in [0.25, 0.3) is 0 Å². The van der Waals surface area contributed by atoms with E-state index in [1.54, 1.807) is 36.4 Å². The van der Waals surface area contributed by atoms with E-state index in [4.69, 9.17) is 4.74 Å². The number of phenolic OH excluding ortho intramolecular Hbond substituents is 1. The number of aromatic nitrogens is 1. The first-order chi connectivity index (χ1) is 14.3. The first kappa shape index (κ1) is 19.3. The summed E-state index contributed by atoms with van der Waals surface area (Å²) >= 11 is 0. The van der Waals surface area contributed by atoms with Crippen LogP contribution in [0, 0.1) is 13.8 Å². The molecule has 0 saturated carbocycles. The van der Waals surface area contributed by atoms with Gasteiger partial charge in [-0.2, -0.15) is 0 Å². The van der Waals surface area contributed by atoms with Crippen LogP contribution >= 0.6 is 0 Å². The number of nitrogens with one attached hydrogen (secondary N) is 1. The van der Waals surface area contributed by atoms with E-state index in [0.717, 1.165) is 16.5 Å². The Morgan fingerprint density at radius 3 is 2.40 bits per heavy atom. The number of hydrogen-bond donors (Lipinski definition) is 3. The van der Waals surface area contributed by atoms with Crippen molar-refractivity contribution in [3.8, 4) is 17.2 Å². The summed E-state index contributed by atoms with van der Waals surface area (Å²) in [5.74, 6) is -0.502. The molecule has 0 atom stereocenters. The van der Waals surface area contributed by atoms with Crippen molar-refractivity contribution in [1.29, 1.82) is 0 Å². The second-order valence-electron chi connectivity index (χ2n) is 7.07. The molecule has 0 fully saturated rings. The number of hydrogen-bond acceptors (Lipinski definition) is 4. The van der Waals surface area contributed by atoms with Crippen molar-refractivity contribution in [3.05, 3.63) is 88.6 Å². The summed E-state index contributed by atoms with van der Waals surface area (Å²) in [6.07, 6.45) is 0. The molecule has 0 radical (unpaired) electrons. The lowest BCUT2D eigenvalue weighted by molar-refractivity contribution is 0.0691. The van der Waals surface area contributed by atoms with Crippen LogP contribution in [0.15, 0.2) is 60.7 Å². The van der Waals surface area contributed by atoms with Crippen molar-refractivity contribution >= 4 is 22.7 Å². The van der Waals surface area contributed by atoms with Gasteiger partial charge in [-0.25, -0.2) is 4.79 Å². The van der Waals surface area contributed by atoms with Crippen molar-refractivity contribution < 1.29 is 24.5 Å². The average Bonchev–Trinajstić information content (AvgIpc) is 3.17. The highest BCUT2D eigenvalue weighted by Crippen LogP contribution is 2.36. The van der Waals surface area contributed by atoms with Crippen molar-refractivity contribution in [3.63, 3.8) is 0 Å². The van der Waals surface area contributed by atoms with Crippen LogP contribution in [0.5, 0.6) is 17.2 Å². The number of carbonyl (C=O) groups excluding carboxylic acids is 1. The van der Waals surface area contributed by atoms with Gasteiger partial charge in [0.1, 0.15) is 22.9 Å². The molecule has 4 aromatic rings. The third kappa shape index (κ3) is 3.39. The van der Waals surface area contributed by atoms with E-state index >= 15 is 0 Å². The number of H-pyrrole nitrogens is 1. The predicted molar refractivity (Wildman–Crippen MR) is 113 cm³/mol. The molecule has 4 rings (SSSR count). The molecule has 6 nitrogen and oxygen atoms in total. The number of aromatic hydroxyl groups is 1. The summed E-state index contributed by atoms with van der Waals surface area (Å²) in [5, 5.41) is 20.2. The molecule has 0 amide bonds. The van der Waals surface area contributed by atoms with Gasteiger partial charge in [0.05, 0.1) is 5.56 Å². The van der Waals surface area contributed by atoms with Crippen LogP contribution in [0.4, 0.5) is 0 Å². The summed E-state index contributed by atoms with van der Waals surface area (Å²) < 4.78 is 6.07. The Morgan fingerprint density at radius 2 is 1.70 bits per heavy atom. The minimum Gasteiger partial charge on any atom is -0.507 e. The lowest BCUT2D eigenvalue weighted by Gasteiger charge is -2.14. The van der Waals surface area contributed by atoms with Crippen LogP contribution in [0.1, 0.15) is 37.5 Å². The monoisotopic (exact) mass is 401 g/mol. The Kier molecular flexibility index (Phi) is 4.75. The standard InChI is InChI=1S/C24H19NO5/c1-13-10-19-17(12-20(25-19)24(28)29)14(2)23(13)30-16-8-9-21(26)18(11-16)22(27)15-6-4-3-5-7-15/h3-12,25-26H,1-2H3,(H,28,29). The molecule has 0 aliphatic heterocycles. The van der Waals surface area contributed by atoms with Crippen LogP contribution in [0.25, 0.3) is 10.9 Å². The summed E-state index contributed by atoms with van der Waals surface area (Å²) in [6, 6.07) is 16.6. The number of benzene rings is 3. The van der Waals surface area contributed by atoms with E-state index in [0.29, 0.717) is 22.6 Å². The second kappa shape index (κ2) is 7.40. The molecule has 0 aliphatic carbocycles. The first-order valence-electron chi connectivity index (χ1n) is 9.32. The van der Waals surface area contributed by atoms with Gasteiger partial charge in [-0.3, -0.25) is 4.79 Å². The number of aryl methyl sites for hydroxylation is 2. The zero-order valence-electron chi connectivity index (χ0n) is 16.4. The zero-order valence-corrected chi connectivity index (χ0v) is 16.4. The normalized spacial score (nSPS) is 10.9. The number of fused-ring (bicyclic) bond motifs is 1. The van der Waals surface area contributed by atoms with Gasteiger partial charge in [-0.15, -0.1) is 0 Å². The van der Waals surface area contributed by atoms with E-state index in [9.17, 15) is 19.8 Å². The van der Waals surface area contributed by atoms with Gasteiger partial charge in [0.2, 0.25) is 0 Å². The van der Waals surface area contributed by atoms with Gasteiger partial charge in [0.15, 0.2) is 5.78 Å². The minimum absolute atomic E-state index is 0.102. The van der Waals surface area contributed by atoms with Gasteiger partial charge in [-0.1, -0.05) is 30.3 Å². The average molecular weight is 401 g/mol. The fraction of sp³-hybridized carbons (Fsp3) is 0.0833. The molecule has 0 aliphatic rings. The molecule has 3 aromatic carbocycles. The number of rotatable bonds is 5. The molecular weight excluding hydrogens is 382 g/mol. The maximum Gasteiger partial charge on any atom is 0.352 e. The van der Waals surface area contributed by atoms with Crippen molar-refractivity contribution in [2.45, 2.75) is 13.8 Å². The van der Waals surface area contributed by atoms with Crippen molar-refractivity contribution in [1.82, 2.24) is 4.98 Å². The Bertz CT molecular complexity index is 1290. The molecule has 0 bridgehead atoms. The molecule has 1 aromatic heterocycles. The highest BCUT2D eigenvalue weighted by atomic mass is 16.5. The zero-order chi connectivity index (χ0) is 21.4. The van der Waals surface area contributed by atoms with E-state index in [1.165, 1.54) is 12.1 Å². The smallest absolute Gasteiger partial charge is 0.352 e. The molecule has 150 valence electrons. The number of aromatic amines is 1. The van der Waals surface area contributed by atoms with Gasteiger partial charge in [0, 0.05) is 22.0 Å². The molecule has 1 heterocycles. The number of phenols is 1. The van der Waals surface area contributed by atoms with Gasteiger partial charge < -0.3 is 19.9 Å². The van der Waals surface area contributed by atoms with Crippen LogP contribution in [0.2, 0.25) is 0 Å². The van der Waals surface area contributed by atoms with Crippen LogP contribution < -0.4 is 4.74 Å². The maximum atomic E-state index is 12.8. The van der Waals surface area contributed by atoms with Crippen molar-refractivity contribution in [2.75, 3.05) is 0 Å². The fourth-order valence-corrected chi connectivity index (χ4v) is 3.49. The van der Waals surface area contributed by atoms with Gasteiger partial charge >= 0.3 is 5.97 Å². The Hall–Kier alpha value is -4.06. The maximum absolute atomic E-state index is 12.8. The Morgan fingerprint density at radius 1 is 0.967 bits per heavy atom. The number of ketones is 1. The molecule has 0 saturated heterocycles. The number of carboxylic acids is 1. The quantitative estimate of drug-likeness (QED) is 0.399.